The van der Waals surface area contributed by atoms with Crippen molar-refractivity contribution in [3.63, 3.8) is 0 Å². The number of hydrogen-bond acceptors (Lipinski definition) is 7. The van der Waals surface area contributed by atoms with Crippen LogP contribution in [0, 0.1) is 0 Å². The Morgan fingerprint density at radius 1 is 1.07 bits per heavy atom. The number of anilines is 2. The Morgan fingerprint density at radius 3 is 2.65 bits per heavy atom. The first kappa shape index (κ1) is 25.9. The van der Waals surface area contributed by atoms with Crippen LogP contribution < -0.4 is 29.8 Å². The number of ether oxygens (including phenoxy) is 1. The lowest BCUT2D eigenvalue weighted by Gasteiger charge is -2.25. The molecule has 4 aromatic rings. The van der Waals surface area contributed by atoms with Gasteiger partial charge in [0, 0.05) is 30.9 Å². The molecule has 0 radical (unpaired) electrons. The Labute approximate surface area is 235 Å². The monoisotopic (exact) mass is 554 g/mol. The molecule has 4 heterocycles. The average Bonchev–Trinajstić information content (AvgIpc) is 3.57. The number of para-hydroxylation sites is 1. The van der Waals surface area contributed by atoms with Gasteiger partial charge in [-0.05, 0) is 62.1 Å². The van der Waals surface area contributed by atoms with E-state index >= 15 is 0 Å². The number of fused-ring (bicyclic) bond motifs is 1. The number of piperidine rings is 1. The fourth-order valence-electron chi connectivity index (χ4n) is 5.29. The minimum absolute atomic E-state index is 0.231. The predicted molar refractivity (Wildman–Crippen MR) is 157 cm³/mol. The molecule has 2 aliphatic rings. The van der Waals surface area contributed by atoms with Crippen molar-refractivity contribution < 1.29 is 13.9 Å². The molecular weight excluding hydrogens is 524 g/mol. The van der Waals surface area contributed by atoms with Gasteiger partial charge in [-0.25, -0.2) is 4.99 Å². The number of hydrogen-bond donors (Lipinski definition) is 1. The van der Waals surface area contributed by atoms with E-state index in [9.17, 15) is 9.59 Å². The van der Waals surface area contributed by atoms with Crippen LogP contribution >= 0.6 is 11.3 Å². The van der Waals surface area contributed by atoms with Gasteiger partial charge in [0.1, 0.15) is 11.5 Å². The molecule has 8 nitrogen and oxygen atoms in total. The molecule has 2 aliphatic heterocycles. The van der Waals surface area contributed by atoms with Crippen LogP contribution in [0.25, 0.3) is 6.08 Å². The van der Waals surface area contributed by atoms with Crippen molar-refractivity contribution in [3.05, 3.63) is 109 Å². The van der Waals surface area contributed by atoms with Gasteiger partial charge in [0.2, 0.25) is 0 Å². The van der Waals surface area contributed by atoms with Gasteiger partial charge in [-0.1, -0.05) is 41.7 Å². The van der Waals surface area contributed by atoms with Crippen molar-refractivity contribution in [1.29, 1.82) is 0 Å². The SMILES string of the molecule is COc1cccc([C@H]2C(C(=O)Nc3ccccc3)=C(C)N=c3s/c(=C/c4ccc(N5CCCCC5)o4)c(=O)n32)c1. The Balaban J connectivity index is 1.44. The molecule has 1 fully saturated rings. The summed E-state index contributed by atoms with van der Waals surface area (Å²) in [6.45, 7) is 3.76. The fourth-order valence-corrected chi connectivity index (χ4v) is 6.32. The molecule has 2 aromatic carbocycles. The first-order valence-electron chi connectivity index (χ1n) is 13.4. The summed E-state index contributed by atoms with van der Waals surface area (Å²) in [4.78, 5) is 35.1. The van der Waals surface area contributed by atoms with E-state index in [1.165, 1.54) is 17.8 Å². The standard InChI is InChI=1S/C31H30N4O4S/c1-20-27(29(36)33-22-11-5-3-6-12-22)28(21-10-9-13-23(18-21)38-2)35-30(37)25(40-31(35)32-20)19-24-14-15-26(39-24)34-16-7-4-8-17-34/h3,5-6,9-15,18-19,28H,4,7-8,16-17H2,1-2H3,(H,33,36)/b25-19+/t28-/m0/s1. The predicted octanol–water partition coefficient (Wildman–Crippen LogP) is 4.47. The Morgan fingerprint density at radius 2 is 1.88 bits per heavy atom. The van der Waals surface area contributed by atoms with Crippen molar-refractivity contribution in [2.45, 2.75) is 32.2 Å². The zero-order valence-electron chi connectivity index (χ0n) is 22.4. The molecule has 0 saturated carbocycles. The summed E-state index contributed by atoms with van der Waals surface area (Å²) in [5.74, 6) is 1.76. The molecule has 1 atom stereocenters. The average molecular weight is 555 g/mol. The highest BCUT2D eigenvalue weighted by Gasteiger charge is 2.33. The third-order valence-electron chi connectivity index (χ3n) is 7.26. The van der Waals surface area contributed by atoms with Crippen molar-refractivity contribution in [1.82, 2.24) is 4.57 Å². The van der Waals surface area contributed by atoms with Gasteiger partial charge in [0.25, 0.3) is 11.5 Å². The summed E-state index contributed by atoms with van der Waals surface area (Å²) in [5, 5.41) is 2.97. The van der Waals surface area contributed by atoms with Gasteiger partial charge >= 0.3 is 0 Å². The molecule has 6 rings (SSSR count). The summed E-state index contributed by atoms with van der Waals surface area (Å²) in [6, 6.07) is 19.9. The Kier molecular flexibility index (Phi) is 7.13. The van der Waals surface area contributed by atoms with Crippen LogP contribution in [0.1, 0.15) is 43.6 Å². The van der Waals surface area contributed by atoms with Gasteiger partial charge in [0.15, 0.2) is 10.7 Å². The Hall–Kier alpha value is -4.37. The summed E-state index contributed by atoms with van der Waals surface area (Å²) in [5.41, 5.74) is 2.15. The van der Waals surface area contributed by atoms with Crippen molar-refractivity contribution in [3.8, 4) is 5.75 Å². The van der Waals surface area contributed by atoms with Crippen LogP contribution in [0.5, 0.6) is 5.75 Å². The fraction of sp³-hybridized carbons (Fsp3) is 0.258. The van der Waals surface area contributed by atoms with E-state index in [1.54, 1.807) is 17.8 Å². The normalized spacial score (nSPS) is 17.4. The summed E-state index contributed by atoms with van der Waals surface area (Å²) in [6.07, 6.45) is 5.31. The quantitative estimate of drug-likeness (QED) is 0.380. The van der Waals surface area contributed by atoms with Crippen LogP contribution in [-0.2, 0) is 4.79 Å². The number of carbonyl (C=O) groups excluding carboxylic acids is 1. The van der Waals surface area contributed by atoms with E-state index in [4.69, 9.17) is 14.1 Å². The molecule has 1 saturated heterocycles. The van der Waals surface area contributed by atoms with Crippen molar-refractivity contribution >= 4 is 34.9 Å². The second-order valence-corrected chi connectivity index (χ2v) is 10.9. The van der Waals surface area contributed by atoms with Gasteiger partial charge in [-0.15, -0.1) is 0 Å². The molecule has 9 heteroatoms. The van der Waals surface area contributed by atoms with Crippen LogP contribution in [0.3, 0.4) is 0 Å². The van der Waals surface area contributed by atoms with Crippen LogP contribution in [-0.4, -0.2) is 30.7 Å². The lowest BCUT2D eigenvalue weighted by atomic mass is 9.95. The number of thiazole rings is 1. The molecule has 40 heavy (non-hydrogen) atoms. The smallest absolute Gasteiger partial charge is 0.271 e. The van der Waals surface area contributed by atoms with Crippen LogP contribution in [0.15, 0.2) is 92.2 Å². The van der Waals surface area contributed by atoms with E-state index in [-0.39, 0.29) is 11.5 Å². The van der Waals surface area contributed by atoms with Gasteiger partial charge in [-0.3, -0.25) is 14.2 Å². The first-order valence-corrected chi connectivity index (χ1v) is 14.2. The number of carbonyl (C=O) groups is 1. The number of furan rings is 1. The zero-order valence-corrected chi connectivity index (χ0v) is 23.2. The van der Waals surface area contributed by atoms with E-state index in [1.807, 2.05) is 73.7 Å². The van der Waals surface area contributed by atoms with Gasteiger partial charge in [0.05, 0.1) is 29.0 Å². The molecule has 0 spiro atoms. The minimum Gasteiger partial charge on any atom is -0.497 e. The highest BCUT2D eigenvalue weighted by atomic mass is 32.1. The van der Waals surface area contributed by atoms with E-state index in [0.717, 1.165) is 37.4 Å². The van der Waals surface area contributed by atoms with Gasteiger partial charge < -0.3 is 19.4 Å². The maximum Gasteiger partial charge on any atom is 0.271 e. The van der Waals surface area contributed by atoms with Crippen molar-refractivity contribution in [2.24, 2.45) is 4.99 Å². The van der Waals surface area contributed by atoms with E-state index < -0.39 is 6.04 Å². The molecular formula is C31H30N4O4S. The largest absolute Gasteiger partial charge is 0.497 e. The number of amides is 1. The molecule has 1 N–H and O–H groups in total. The molecule has 0 bridgehead atoms. The van der Waals surface area contributed by atoms with Gasteiger partial charge in [-0.2, -0.15) is 0 Å². The van der Waals surface area contributed by atoms with E-state index in [0.29, 0.717) is 37.8 Å². The van der Waals surface area contributed by atoms with Crippen LogP contribution in [0.4, 0.5) is 11.6 Å². The van der Waals surface area contributed by atoms with Crippen molar-refractivity contribution in [2.75, 3.05) is 30.4 Å². The number of allylic oxidation sites excluding steroid dienone is 1. The minimum atomic E-state index is -0.683. The summed E-state index contributed by atoms with van der Waals surface area (Å²) >= 11 is 1.29. The maximum absolute atomic E-state index is 13.9. The lowest BCUT2D eigenvalue weighted by molar-refractivity contribution is -0.113. The first-order chi connectivity index (χ1) is 19.5. The highest BCUT2D eigenvalue weighted by molar-refractivity contribution is 7.07. The van der Waals surface area contributed by atoms with Crippen LogP contribution in [0.2, 0.25) is 0 Å². The maximum atomic E-state index is 13.9. The molecule has 0 aliphatic carbocycles. The number of nitrogens with one attached hydrogen (secondary N) is 1. The second kappa shape index (κ2) is 11.0. The number of benzene rings is 2. The molecule has 204 valence electrons. The number of rotatable bonds is 6. The molecule has 2 aromatic heterocycles. The molecule has 0 unspecified atom stereocenters. The summed E-state index contributed by atoms with van der Waals surface area (Å²) in [7, 11) is 1.59. The molecule has 1 amide bonds. The highest BCUT2D eigenvalue weighted by Crippen LogP contribution is 2.32. The number of nitrogens with zero attached hydrogens (tertiary/aromatic N) is 3. The lowest BCUT2D eigenvalue weighted by Crippen LogP contribution is -2.40. The number of methoxy groups -OCH3 is 1. The summed E-state index contributed by atoms with van der Waals surface area (Å²) < 4.78 is 13.7. The topological polar surface area (TPSA) is 89.1 Å². The zero-order chi connectivity index (χ0) is 27.6. The van der Waals surface area contributed by atoms with E-state index in [2.05, 4.69) is 10.2 Å². The Bertz CT molecular complexity index is 1760. The third-order valence-corrected chi connectivity index (χ3v) is 8.24. The number of aromatic nitrogens is 1. The second-order valence-electron chi connectivity index (χ2n) is 9.90. The third kappa shape index (κ3) is 5.00.